The fraction of sp³-hybridized carbons (Fsp3) is 0.421. The summed E-state index contributed by atoms with van der Waals surface area (Å²) in [7, 11) is 0. The smallest absolute Gasteiger partial charge is 0.178 e. The van der Waals surface area contributed by atoms with E-state index >= 15 is 0 Å². The Bertz CT molecular complexity index is 618. The van der Waals surface area contributed by atoms with Gasteiger partial charge in [-0.15, -0.1) is 11.3 Å². The molecule has 0 bridgehead atoms. The molecular weight excluding hydrogens is 342 g/mol. The molecular formula is C19H26ClNO2S. The highest BCUT2D eigenvalue weighted by atomic mass is 35.5. The van der Waals surface area contributed by atoms with Crippen LogP contribution < -0.4 is 17.7 Å². The van der Waals surface area contributed by atoms with Gasteiger partial charge in [-0.25, -0.2) is 0 Å². The Morgan fingerprint density at radius 2 is 1.88 bits per heavy atom. The maximum Gasteiger partial charge on any atom is 0.178 e. The lowest BCUT2D eigenvalue weighted by Gasteiger charge is -2.19. The predicted octanol–water partition coefficient (Wildman–Crippen LogP) is -0.0806. The van der Waals surface area contributed by atoms with Gasteiger partial charge in [-0.2, -0.15) is 0 Å². The van der Waals surface area contributed by atoms with E-state index in [1.807, 2.05) is 35.0 Å². The summed E-state index contributed by atoms with van der Waals surface area (Å²) in [5, 5.41) is 14.2. The van der Waals surface area contributed by atoms with Crippen molar-refractivity contribution in [1.82, 2.24) is 0 Å². The first-order chi connectivity index (χ1) is 10.9. The molecule has 1 heterocycles. The van der Waals surface area contributed by atoms with Gasteiger partial charge in [0.1, 0.15) is 12.6 Å². The number of Topliss-reactive ketones (excluding diaryl/α,β-unsaturated/α-hetero) is 1. The maximum atomic E-state index is 11.9. The number of quaternary nitrogens is 1. The van der Waals surface area contributed by atoms with Crippen LogP contribution in [-0.2, 0) is 5.41 Å². The fourth-order valence-electron chi connectivity index (χ4n) is 2.41. The highest BCUT2D eigenvalue weighted by Gasteiger charge is 2.15. The lowest BCUT2D eigenvalue weighted by atomic mass is 9.86. The van der Waals surface area contributed by atoms with Crippen molar-refractivity contribution in [1.29, 1.82) is 0 Å². The summed E-state index contributed by atoms with van der Waals surface area (Å²) in [6, 6.07) is 11.9. The Morgan fingerprint density at radius 1 is 1.21 bits per heavy atom. The minimum absolute atomic E-state index is 0. The van der Waals surface area contributed by atoms with Gasteiger partial charge in [-0.1, -0.05) is 51.1 Å². The number of hydrogen-bond acceptors (Lipinski definition) is 3. The van der Waals surface area contributed by atoms with Crippen molar-refractivity contribution in [2.75, 3.05) is 13.1 Å². The third-order valence-electron chi connectivity index (χ3n) is 3.92. The summed E-state index contributed by atoms with van der Waals surface area (Å²) in [5.74, 6) is 0.181. The third kappa shape index (κ3) is 6.02. The van der Waals surface area contributed by atoms with Crippen LogP contribution in [0, 0.1) is 0 Å². The van der Waals surface area contributed by atoms with Gasteiger partial charge in [0.25, 0.3) is 0 Å². The highest BCUT2D eigenvalue weighted by molar-refractivity contribution is 7.12. The second-order valence-electron chi connectivity index (χ2n) is 6.85. The molecule has 1 aromatic heterocycles. The molecule has 2 aromatic rings. The van der Waals surface area contributed by atoms with Gasteiger partial charge in [0.15, 0.2) is 5.78 Å². The van der Waals surface area contributed by atoms with Crippen molar-refractivity contribution in [3.05, 3.63) is 57.8 Å². The standard InChI is InChI=1S/C19H25NO2S.ClH/c1-19(2,3)15-8-6-14(7-9-15)17(22)13-20-11-10-16(21)18-5-4-12-23-18;/h4-9,12,17,20,22H,10-11,13H2,1-3H3;1H. The van der Waals surface area contributed by atoms with Crippen molar-refractivity contribution in [3.8, 4) is 0 Å². The third-order valence-corrected chi connectivity index (χ3v) is 4.83. The molecule has 0 spiro atoms. The van der Waals surface area contributed by atoms with Crippen molar-refractivity contribution in [2.24, 2.45) is 0 Å². The molecule has 0 aliphatic rings. The molecule has 0 radical (unpaired) electrons. The Morgan fingerprint density at radius 3 is 2.42 bits per heavy atom. The Kier molecular flexibility index (Phi) is 8.10. The van der Waals surface area contributed by atoms with Gasteiger partial charge in [0.2, 0.25) is 0 Å². The number of carbonyl (C=O) groups is 1. The number of ketones is 1. The average molecular weight is 368 g/mol. The minimum Gasteiger partial charge on any atom is -1.00 e. The molecule has 0 fully saturated rings. The van der Waals surface area contributed by atoms with Crippen LogP contribution in [0.2, 0.25) is 0 Å². The molecule has 1 unspecified atom stereocenters. The summed E-state index contributed by atoms with van der Waals surface area (Å²) < 4.78 is 0. The molecule has 132 valence electrons. The van der Waals surface area contributed by atoms with Crippen molar-refractivity contribution < 1.29 is 27.6 Å². The van der Waals surface area contributed by atoms with Crippen LogP contribution in [0.1, 0.15) is 54.1 Å². The summed E-state index contributed by atoms with van der Waals surface area (Å²) >= 11 is 1.48. The van der Waals surface area contributed by atoms with Crippen LogP contribution in [0.4, 0.5) is 0 Å². The summed E-state index contributed by atoms with van der Waals surface area (Å²) in [6.45, 7) is 7.81. The molecule has 1 aromatic carbocycles. The Balaban J connectivity index is 0.00000288. The van der Waals surface area contributed by atoms with E-state index in [1.54, 1.807) is 0 Å². The van der Waals surface area contributed by atoms with Gasteiger partial charge in [-0.05, 0) is 28.0 Å². The minimum atomic E-state index is -0.499. The molecule has 0 aliphatic heterocycles. The fourth-order valence-corrected chi connectivity index (χ4v) is 3.11. The molecule has 0 saturated carbocycles. The predicted molar refractivity (Wildman–Crippen MR) is 95.0 cm³/mol. The van der Waals surface area contributed by atoms with Gasteiger partial charge in [-0.3, -0.25) is 4.79 Å². The van der Waals surface area contributed by atoms with Crippen molar-refractivity contribution in [3.63, 3.8) is 0 Å². The molecule has 1 atom stereocenters. The summed E-state index contributed by atoms with van der Waals surface area (Å²) in [5.41, 5.74) is 2.32. The molecule has 0 amide bonds. The van der Waals surface area contributed by atoms with E-state index in [0.29, 0.717) is 19.5 Å². The van der Waals surface area contributed by atoms with E-state index in [1.165, 1.54) is 16.9 Å². The van der Waals surface area contributed by atoms with E-state index < -0.39 is 6.10 Å². The van der Waals surface area contributed by atoms with Crippen LogP contribution in [-0.4, -0.2) is 24.0 Å². The number of rotatable bonds is 7. The van der Waals surface area contributed by atoms with E-state index in [2.05, 4.69) is 32.9 Å². The number of benzene rings is 1. The average Bonchev–Trinajstić information content (AvgIpc) is 3.05. The molecule has 3 N–H and O–H groups in total. The Labute approximate surface area is 154 Å². The van der Waals surface area contributed by atoms with Crippen LogP contribution >= 0.6 is 11.3 Å². The number of hydrogen-bond donors (Lipinski definition) is 2. The highest BCUT2D eigenvalue weighted by Crippen LogP contribution is 2.23. The monoisotopic (exact) mass is 367 g/mol. The van der Waals surface area contributed by atoms with Gasteiger partial charge in [0, 0.05) is 0 Å². The first kappa shape index (κ1) is 20.8. The summed E-state index contributed by atoms with van der Waals surface area (Å²) in [4.78, 5) is 12.7. The zero-order valence-electron chi connectivity index (χ0n) is 14.5. The number of carbonyl (C=O) groups excluding carboxylic acids is 1. The SMILES string of the molecule is CC(C)(C)c1ccc(C(O)C[NH2+]CCC(=O)c2cccs2)cc1.[Cl-]. The number of thiophene rings is 1. The number of aliphatic hydroxyl groups is 1. The first-order valence-electron chi connectivity index (χ1n) is 8.05. The van der Waals surface area contributed by atoms with Gasteiger partial charge >= 0.3 is 0 Å². The van der Waals surface area contributed by atoms with E-state index in [0.717, 1.165) is 10.4 Å². The number of aliphatic hydroxyl groups excluding tert-OH is 1. The molecule has 5 heteroatoms. The largest absolute Gasteiger partial charge is 1.00 e. The molecule has 2 rings (SSSR count). The van der Waals surface area contributed by atoms with Crippen LogP contribution in [0.3, 0.4) is 0 Å². The van der Waals surface area contributed by atoms with Crippen LogP contribution in [0.15, 0.2) is 41.8 Å². The summed E-state index contributed by atoms with van der Waals surface area (Å²) in [6.07, 6.45) is 0.0109. The van der Waals surface area contributed by atoms with Crippen molar-refractivity contribution in [2.45, 2.75) is 38.7 Å². The zero-order valence-corrected chi connectivity index (χ0v) is 16.0. The molecule has 3 nitrogen and oxygen atoms in total. The van der Waals surface area contributed by atoms with Crippen LogP contribution in [0.5, 0.6) is 0 Å². The van der Waals surface area contributed by atoms with Crippen LogP contribution in [0.25, 0.3) is 0 Å². The lowest BCUT2D eigenvalue weighted by Crippen LogP contribution is -3.00. The van der Waals surface area contributed by atoms with E-state index in [9.17, 15) is 9.90 Å². The number of nitrogens with two attached hydrogens (primary N) is 1. The van der Waals surface area contributed by atoms with E-state index in [4.69, 9.17) is 0 Å². The zero-order chi connectivity index (χ0) is 16.9. The van der Waals surface area contributed by atoms with Crippen molar-refractivity contribution >= 4 is 17.1 Å². The second kappa shape index (κ2) is 9.33. The number of halogens is 1. The first-order valence-corrected chi connectivity index (χ1v) is 8.93. The topological polar surface area (TPSA) is 53.9 Å². The molecule has 0 aliphatic carbocycles. The Hall–Kier alpha value is -1.20. The quantitative estimate of drug-likeness (QED) is 0.531. The normalized spacial score (nSPS) is 12.5. The lowest BCUT2D eigenvalue weighted by molar-refractivity contribution is -0.660. The molecule has 0 saturated heterocycles. The maximum absolute atomic E-state index is 11.9. The van der Waals surface area contributed by atoms with Gasteiger partial charge < -0.3 is 22.8 Å². The second-order valence-corrected chi connectivity index (χ2v) is 7.80. The van der Waals surface area contributed by atoms with E-state index in [-0.39, 0.29) is 23.6 Å². The molecule has 24 heavy (non-hydrogen) atoms. The van der Waals surface area contributed by atoms with Gasteiger partial charge in [0.05, 0.1) is 17.8 Å².